The number of thiophene rings is 1. The van der Waals surface area contributed by atoms with E-state index in [1.54, 1.807) is 11.3 Å². The molecule has 6 heteroatoms. The van der Waals surface area contributed by atoms with E-state index in [1.807, 2.05) is 39.8 Å². The van der Waals surface area contributed by atoms with Crippen molar-refractivity contribution in [1.82, 2.24) is 15.1 Å². The van der Waals surface area contributed by atoms with E-state index in [1.165, 1.54) is 0 Å². The molecule has 3 aromatic heterocycles. The molecule has 3 aromatic rings. The van der Waals surface area contributed by atoms with Crippen LogP contribution < -0.4 is 5.73 Å². The van der Waals surface area contributed by atoms with E-state index < -0.39 is 0 Å². The maximum Gasteiger partial charge on any atom is 0.261 e. The van der Waals surface area contributed by atoms with Gasteiger partial charge in [-0.25, -0.2) is 0 Å². The molecule has 0 bridgehead atoms. The van der Waals surface area contributed by atoms with Gasteiger partial charge in [0.2, 0.25) is 5.82 Å². The predicted octanol–water partition coefficient (Wildman–Crippen LogP) is 3.68. The number of nitrogens with two attached hydrogens (primary N) is 1. The Morgan fingerprint density at radius 2 is 1.71 bits per heavy atom. The van der Waals surface area contributed by atoms with Crippen LogP contribution in [0.1, 0.15) is 21.8 Å². The minimum absolute atomic E-state index is 0.469. The van der Waals surface area contributed by atoms with Gasteiger partial charge in [-0.2, -0.15) is 4.98 Å². The van der Waals surface area contributed by atoms with Crippen LogP contribution in [-0.4, -0.2) is 15.1 Å². The van der Waals surface area contributed by atoms with Crippen LogP contribution in [0.5, 0.6) is 0 Å². The van der Waals surface area contributed by atoms with Gasteiger partial charge in [-0.05, 0) is 45.4 Å². The Bertz CT molecular complexity index is 799. The van der Waals surface area contributed by atoms with Crippen LogP contribution >= 0.6 is 11.3 Å². The van der Waals surface area contributed by atoms with E-state index in [0.29, 0.717) is 16.7 Å². The Balaban J connectivity index is 2.08. The molecule has 0 saturated heterocycles. The van der Waals surface area contributed by atoms with Gasteiger partial charge in [0.25, 0.3) is 5.89 Å². The fraction of sp³-hybridized carbons (Fsp3) is 0.267. The van der Waals surface area contributed by atoms with E-state index in [2.05, 4.69) is 15.1 Å². The largest absolute Gasteiger partial charge is 0.390 e. The van der Waals surface area contributed by atoms with Gasteiger partial charge in [-0.3, -0.25) is 4.98 Å². The summed E-state index contributed by atoms with van der Waals surface area (Å²) in [6.45, 7) is 7.94. The highest BCUT2D eigenvalue weighted by Crippen LogP contribution is 2.37. The number of aromatic nitrogens is 3. The first-order valence-electron chi connectivity index (χ1n) is 6.61. The molecule has 0 aliphatic carbocycles. The molecule has 3 rings (SSSR count). The first-order valence-corrected chi connectivity index (χ1v) is 7.42. The van der Waals surface area contributed by atoms with E-state index in [0.717, 1.165) is 33.0 Å². The quantitative estimate of drug-likeness (QED) is 0.781. The molecule has 0 radical (unpaired) electrons. The molecule has 0 atom stereocenters. The van der Waals surface area contributed by atoms with E-state index in [4.69, 9.17) is 10.3 Å². The average Bonchev–Trinajstić information content (AvgIpc) is 2.95. The highest BCUT2D eigenvalue weighted by atomic mass is 32.1. The van der Waals surface area contributed by atoms with Gasteiger partial charge in [0.15, 0.2) is 0 Å². The Morgan fingerprint density at radius 3 is 2.29 bits per heavy atom. The van der Waals surface area contributed by atoms with Gasteiger partial charge in [-0.1, -0.05) is 5.16 Å². The second-order valence-electron chi connectivity index (χ2n) is 5.08. The molecular weight excluding hydrogens is 284 g/mol. The van der Waals surface area contributed by atoms with Crippen molar-refractivity contribution >= 4 is 16.3 Å². The van der Waals surface area contributed by atoms with Crippen molar-refractivity contribution in [1.29, 1.82) is 0 Å². The topological polar surface area (TPSA) is 77.8 Å². The fourth-order valence-corrected chi connectivity index (χ4v) is 3.25. The molecule has 2 N–H and O–H groups in total. The van der Waals surface area contributed by atoms with E-state index >= 15 is 0 Å². The average molecular weight is 300 g/mol. The zero-order chi connectivity index (χ0) is 15.1. The van der Waals surface area contributed by atoms with Gasteiger partial charge in [0, 0.05) is 21.8 Å². The van der Waals surface area contributed by atoms with Crippen molar-refractivity contribution in [3.05, 3.63) is 34.0 Å². The highest BCUT2D eigenvalue weighted by molar-refractivity contribution is 7.16. The van der Waals surface area contributed by atoms with Crippen molar-refractivity contribution < 1.29 is 4.52 Å². The van der Waals surface area contributed by atoms with Crippen LogP contribution in [0.4, 0.5) is 5.00 Å². The summed E-state index contributed by atoms with van der Waals surface area (Å²) in [6, 6.07) is 3.88. The lowest BCUT2D eigenvalue weighted by molar-refractivity contribution is 0.432. The Kier molecular flexibility index (Phi) is 3.25. The number of anilines is 1. The van der Waals surface area contributed by atoms with Crippen LogP contribution in [0.15, 0.2) is 16.7 Å². The molecule has 5 nitrogen and oxygen atoms in total. The molecule has 3 heterocycles. The molecule has 0 spiro atoms. The molecule has 0 aliphatic heterocycles. The predicted molar refractivity (Wildman–Crippen MR) is 84.2 cm³/mol. The molecule has 0 fully saturated rings. The Hall–Kier alpha value is -2.21. The van der Waals surface area contributed by atoms with Gasteiger partial charge < -0.3 is 10.3 Å². The molecule has 0 saturated carbocycles. The van der Waals surface area contributed by atoms with E-state index in [-0.39, 0.29) is 0 Å². The third-order valence-corrected chi connectivity index (χ3v) is 4.43. The van der Waals surface area contributed by atoms with Gasteiger partial charge in [0.05, 0.1) is 10.6 Å². The van der Waals surface area contributed by atoms with Crippen molar-refractivity contribution in [3.8, 4) is 22.8 Å². The van der Waals surface area contributed by atoms with Gasteiger partial charge in [-0.15, -0.1) is 11.3 Å². The standard InChI is InChI=1S/C15H16N4OS/c1-7-5-11(6-8(2)17-7)14-18-15(20-19-14)12-9(3)10(4)21-13(12)16/h5-6H,16H2,1-4H3. The third-order valence-electron chi connectivity index (χ3n) is 3.39. The van der Waals surface area contributed by atoms with Crippen LogP contribution in [-0.2, 0) is 0 Å². The zero-order valence-electron chi connectivity index (χ0n) is 12.4. The number of aryl methyl sites for hydroxylation is 3. The van der Waals surface area contributed by atoms with Crippen molar-refractivity contribution in [3.63, 3.8) is 0 Å². The molecule has 0 unspecified atom stereocenters. The van der Waals surface area contributed by atoms with Crippen LogP contribution in [0.2, 0.25) is 0 Å². The van der Waals surface area contributed by atoms with Crippen LogP contribution in [0.25, 0.3) is 22.8 Å². The number of nitrogen functional groups attached to an aromatic ring is 1. The summed E-state index contributed by atoms with van der Waals surface area (Å²) < 4.78 is 5.40. The summed E-state index contributed by atoms with van der Waals surface area (Å²) in [5, 5.41) is 4.78. The minimum atomic E-state index is 0.469. The summed E-state index contributed by atoms with van der Waals surface area (Å²) in [6.07, 6.45) is 0. The van der Waals surface area contributed by atoms with Gasteiger partial charge in [0.1, 0.15) is 0 Å². The normalized spacial score (nSPS) is 11.0. The maximum absolute atomic E-state index is 6.05. The fourth-order valence-electron chi connectivity index (χ4n) is 2.32. The second-order valence-corrected chi connectivity index (χ2v) is 6.34. The number of hydrogen-bond donors (Lipinski definition) is 1. The number of nitrogens with zero attached hydrogens (tertiary/aromatic N) is 3. The third kappa shape index (κ3) is 2.42. The summed E-state index contributed by atoms with van der Waals surface area (Å²) in [7, 11) is 0. The molecule has 0 amide bonds. The monoisotopic (exact) mass is 300 g/mol. The lowest BCUT2D eigenvalue weighted by Crippen LogP contribution is -1.90. The SMILES string of the molecule is Cc1cc(-c2noc(-c3c(N)sc(C)c3C)n2)cc(C)n1. The summed E-state index contributed by atoms with van der Waals surface area (Å²) in [5.74, 6) is 1.03. The van der Waals surface area contributed by atoms with Crippen molar-refractivity contribution in [2.24, 2.45) is 0 Å². The van der Waals surface area contributed by atoms with E-state index in [9.17, 15) is 0 Å². The lowest BCUT2D eigenvalue weighted by atomic mass is 10.1. The molecule has 0 aliphatic rings. The second kappa shape index (κ2) is 4.96. The zero-order valence-corrected chi connectivity index (χ0v) is 13.2. The van der Waals surface area contributed by atoms with Crippen LogP contribution in [0, 0.1) is 27.7 Å². The minimum Gasteiger partial charge on any atom is -0.390 e. The Morgan fingerprint density at radius 1 is 1.05 bits per heavy atom. The summed E-state index contributed by atoms with van der Waals surface area (Å²) >= 11 is 1.54. The Labute approximate surface area is 126 Å². The van der Waals surface area contributed by atoms with Crippen LogP contribution in [0.3, 0.4) is 0 Å². The highest BCUT2D eigenvalue weighted by Gasteiger charge is 2.19. The van der Waals surface area contributed by atoms with Crippen molar-refractivity contribution in [2.45, 2.75) is 27.7 Å². The molecule has 0 aromatic carbocycles. The summed E-state index contributed by atoms with van der Waals surface area (Å²) in [4.78, 5) is 10.0. The number of pyridine rings is 1. The molecule has 21 heavy (non-hydrogen) atoms. The molecular formula is C15H16N4OS. The first kappa shape index (κ1) is 13.8. The maximum atomic E-state index is 6.05. The number of rotatable bonds is 2. The first-order chi connectivity index (χ1) is 9.95. The molecule has 108 valence electrons. The smallest absolute Gasteiger partial charge is 0.261 e. The lowest BCUT2D eigenvalue weighted by Gasteiger charge is -1.99. The van der Waals surface area contributed by atoms with Crippen molar-refractivity contribution in [2.75, 3.05) is 5.73 Å². The van der Waals surface area contributed by atoms with Gasteiger partial charge >= 0.3 is 0 Å². The number of hydrogen-bond acceptors (Lipinski definition) is 6. The summed E-state index contributed by atoms with van der Waals surface area (Å²) in [5.41, 5.74) is 10.7.